The lowest BCUT2D eigenvalue weighted by molar-refractivity contribution is -0.121. The lowest BCUT2D eigenvalue weighted by atomic mass is 9.90. The van der Waals surface area contributed by atoms with Crippen LogP contribution < -0.4 is 5.32 Å². The molecule has 5 nitrogen and oxygen atoms in total. The summed E-state index contributed by atoms with van der Waals surface area (Å²) in [7, 11) is 0. The van der Waals surface area contributed by atoms with Crippen molar-refractivity contribution in [3.05, 3.63) is 16.3 Å². The summed E-state index contributed by atoms with van der Waals surface area (Å²) in [5, 5.41) is 13.8. The molecule has 0 fully saturated rings. The highest BCUT2D eigenvalue weighted by Gasteiger charge is 2.32. The average molecular weight is 377 g/mol. The molecule has 25 heavy (non-hydrogen) atoms. The van der Waals surface area contributed by atoms with Crippen LogP contribution in [0, 0.1) is 38.0 Å². The normalized spacial score (nSPS) is 15.0. The molecule has 2 unspecified atom stereocenters. The topological polar surface area (TPSA) is 78.7 Å². The number of hydrogen-bond acceptors (Lipinski definition) is 6. The summed E-state index contributed by atoms with van der Waals surface area (Å²) >= 11 is 3.07. The SMILES string of the molecule is Cc1nc(SC(C)C(=O)NC(C)(C#N)C(C)C)c2c(C)c(C)sc2n1. The molecule has 134 valence electrons. The van der Waals surface area contributed by atoms with Crippen LogP contribution in [0.25, 0.3) is 10.2 Å². The summed E-state index contributed by atoms with van der Waals surface area (Å²) in [5.41, 5.74) is 0.289. The average Bonchev–Trinajstić information content (AvgIpc) is 2.81. The Morgan fingerprint density at radius 3 is 2.48 bits per heavy atom. The first kappa shape index (κ1) is 19.7. The zero-order valence-electron chi connectivity index (χ0n) is 15.7. The third kappa shape index (κ3) is 3.96. The summed E-state index contributed by atoms with van der Waals surface area (Å²) in [6.45, 7) is 13.5. The van der Waals surface area contributed by atoms with Gasteiger partial charge in [0.05, 0.1) is 11.3 Å². The van der Waals surface area contributed by atoms with E-state index in [1.54, 1.807) is 18.3 Å². The smallest absolute Gasteiger partial charge is 0.234 e. The largest absolute Gasteiger partial charge is 0.337 e. The number of carbonyl (C=O) groups excluding carboxylic acids is 1. The number of aromatic nitrogens is 2. The molecule has 0 aliphatic heterocycles. The van der Waals surface area contributed by atoms with Gasteiger partial charge in [-0.3, -0.25) is 4.79 Å². The minimum absolute atomic E-state index is 0.0217. The van der Waals surface area contributed by atoms with Crippen LogP contribution in [-0.2, 0) is 4.79 Å². The zero-order chi connectivity index (χ0) is 18.9. The van der Waals surface area contributed by atoms with Crippen LogP contribution >= 0.6 is 23.1 Å². The first-order valence-corrected chi connectivity index (χ1v) is 9.93. The lowest BCUT2D eigenvalue weighted by Gasteiger charge is -2.28. The molecular weight excluding hydrogens is 352 g/mol. The van der Waals surface area contributed by atoms with Gasteiger partial charge in [0.1, 0.15) is 21.2 Å². The minimum atomic E-state index is -0.877. The molecule has 2 aromatic heterocycles. The van der Waals surface area contributed by atoms with Gasteiger partial charge in [0.25, 0.3) is 0 Å². The van der Waals surface area contributed by atoms with Gasteiger partial charge < -0.3 is 5.32 Å². The molecule has 2 rings (SSSR count). The number of fused-ring (bicyclic) bond motifs is 1. The van der Waals surface area contributed by atoms with Gasteiger partial charge in [-0.05, 0) is 46.1 Å². The number of nitriles is 1. The van der Waals surface area contributed by atoms with Crippen molar-refractivity contribution in [3.8, 4) is 6.07 Å². The van der Waals surface area contributed by atoms with Gasteiger partial charge in [-0.15, -0.1) is 11.3 Å². The Labute approximate surface area is 157 Å². The third-order valence-electron chi connectivity index (χ3n) is 4.53. The van der Waals surface area contributed by atoms with E-state index in [1.807, 2.05) is 27.7 Å². The Morgan fingerprint density at radius 2 is 1.92 bits per heavy atom. The van der Waals surface area contributed by atoms with Crippen LogP contribution in [0.15, 0.2) is 5.03 Å². The maximum absolute atomic E-state index is 12.6. The summed E-state index contributed by atoms with van der Waals surface area (Å²) in [6, 6.07) is 2.21. The van der Waals surface area contributed by atoms with E-state index in [0.717, 1.165) is 15.2 Å². The molecule has 1 amide bonds. The molecule has 0 bridgehead atoms. The molecule has 0 aliphatic rings. The molecule has 0 aliphatic carbocycles. The predicted molar refractivity (Wildman–Crippen MR) is 104 cm³/mol. The Kier molecular flexibility index (Phi) is 5.75. The van der Waals surface area contributed by atoms with Crippen LogP contribution in [0.2, 0.25) is 0 Å². The van der Waals surface area contributed by atoms with Crippen molar-refractivity contribution < 1.29 is 4.79 Å². The molecule has 2 heterocycles. The Balaban J connectivity index is 2.29. The van der Waals surface area contributed by atoms with Gasteiger partial charge >= 0.3 is 0 Å². The highest BCUT2D eigenvalue weighted by molar-refractivity contribution is 8.00. The van der Waals surface area contributed by atoms with E-state index in [4.69, 9.17) is 0 Å². The highest BCUT2D eigenvalue weighted by atomic mass is 32.2. The lowest BCUT2D eigenvalue weighted by Crippen LogP contribution is -2.51. The van der Waals surface area contributed by atoms with Gasteiger partial charge in [-0.2, -0.15) is 5.26 Å². The molecule has 1 N–H and O–H groups in total. The van der Waals surface area contributed by atoms with E-state index < -0.39 is 5.54 Å². The zero-order valence-corrected chi connectivity index (χ0v) is 17.4. The number of amides is 1. The Morgan fingerprint density at radius 1 is 1.28 bits per heavy atom. The predicted octanol–water partition coefficient (Wildman–Crippen LogP) is 4.15. The summed E-state index contributed by atoms with van der Waals surface area (Å²) in [5.74, 6) is 0.568. The number of hydrogen-bond donors (Lipinski definition) is 1. The van der Waals surface area contributed by atoms with Crippen molar-refractivity contribution in [2.24, 2.45) is 5.92 Å². The number of thioether (sulfide) groups is 1. The van der Waals surface area contributed by atoms with Crippen molar-refractivity contribution in [1.29, 1.82) is 5.26 Å². The summed E-state index contributed by atoms with van der Waals surface area (Å²) < 4.78 is 0. The second-order valence-electron chi connectivity index (χ2n) is 6.76. The Hall–Kier alpha value is -1.65. The number of carbonyl (C=O) groups is 1. The van der Waals surface area contributed by atoms with Gasteiger partial charge in [0.15, 0.2) is 0 Å². The van der Waals surface area contributed by atoms with Crippen molar-refractivity contribution in [2.75, 3.05) is 0 Å². The van der Waals surface area contributed by atoms with Crippen molar-refractivity contribution in [3.63, 3.8) is 0 Å². The highest BCUT2D eigenvalue weighted by Crippen LogP contribution is 2.36. The molecular formula is C18H24N4OS2. The van der Waals surface area contributed by atoms with Crippen LogP contribution in [0.5, 0.6) is 0 Å². The van der Waals surface area contributed by atoms with Gasteiger partial charge in [0.2, 0.25) is 5.91 Å². The second kappa shape index (κ2) is 7.30. The van der Waals surface area contributed by atoms with Gasteiger partial charge in [-0.1, -0.05) is 25.6 Å². The van der Waals surface area contributed by atoms with Crippen LogP contribution in [0.4, 0.5) is 0 Å². The van der Waals surface area contributed by atoms with Gasteiger partial charge in [-0.25, -0.2) is 9.97 Å². The van der Waals surface area contributed by atoms with Crippen molar-refractivity contribution >= 4 is 39.2 Å². The van der Waals surface area contributed by atoms with Crippen LogP contribution in [-0.4, -0.2) is 26.7 Å². The van der Waals surface area contributed by atoms with E-state index in [1.165, 1.54) is 22.2 Å². The first-order valence-electron chi connectivity index (χ1n) is 8.23. The molecule has 2 atom stereocenters. The minimum Gasteiger partial charge on any atom is -0.337 e. The molecule has 0 radical (unpaired) electrons. The van der Waals surface area contributed by atoms with Crippen LogP contribution in [0.3, 0.4) is 0 Å². The third-order valence-corrected chi connectivity index (χ3v) is 6.72. The number of thiophene rings is 1. The maximum Gasteiger partial charge on any atom is 0.234 e. The molecule has 0 saturated carbocycles. The monoisotopic (exact) mass is 376 g/mol. The van der Waals surface area contributed by atoms with Crippen molar-refractivity contribution in [2.45, 2.75) is 64.3 Å². The van der Waals surface area contributed by atoms with E-state index in [-0.39, 0.29) is 17.1 Å². The first-order chi connectivity index (χ1) is 11.6. The van der Waals surface area contributed by atoms with E-state index in [9.17, 15) is 10.1 Å². The van der Waals surface area contributed by atoms with Gasteiger partial charge in [0, 0.05) is 10.3 Å². The quantitative estimate of drug-likeness (QED) is 0.626. The van der Waals surface area contributed by atoms with Crippen molar-refractivity contribution in [1.82, 2.24) is 15.3 Å². The fraction of sp³-hybridized carbons (Fsp3) is 0.556. The molecule has 0 spiro atoms. The van der Waals surface area contributed by atoms with E-state index >= 15 is 0 Å². The number of rotatable bonds is 5. The van der Waals surface area contributed by atoms with Crippen LogP contribution in [0.1, 0.15) is 44.0 Å². The van der Waals surface area contributed by atoms with E-state index in [2.05, 4.69) is 35.2 Å². The Bertz CT molecular complexity index is 853. The summed E-state index contributed by atoms with van der Waals surface area (Å²) in [4.78, 5) is 23.9. The second-order valence-corrected chi connectivity index (χ2v) is 9.29. The molecule has 0 aromatic carbocycles. The summed E-state index contributed by atoms with van der Waals surface area (Å²) in [6.07, 6.45) is 0. The standard InChI is InChI=1S/C18H24N4OS2/c1-9(2)18(7,8-19)22-15(23)12(5)25-17-14-10(3)11(4)24-16(14)20-13(6)21-17/h9,12H,1-7H3,(H,22,23). The fourth-order valence-electron chi connectivity index (χ4n) is 2.28. The molecule has 0 saturated heterocycles. The maximum atomic E-state index is 12.6. The molecule has 7 heteroatoms. The number of nitrogens with one attached hydrogen (secondary N) is 1. The molecule has 2 aromatic rings. The number of nitrogens with zero attached hydrogens (tertiary/aromatic N) is 3. The fourth-order valence-corrected chi connectivity index (χ4v) is 4.47. The van der Waals surface area contributed by atoms with E-state index in [0.29, 0.717) is 5.82 Å². The number of aryl methyl sites for hydroxylation is 3.